The van der Waals surface area contributed by atoms with Crippen LogP contribution in [0.25, 0.3) is 0 Å². The van der Waals surface area contributed by atoms with Gasteiger partial charge in [0.2, 0.25) is 0 Å². The second kappa shape index (κ2) is 8.01. The number of nitrogen functional groups attached to an aromatic ring is 2. The van der Waals surface area contributed by atoms with Crippen LogP contribution in [0.1, 0.15) is 0 Å². The third-order valence-electron chi connectivity index (χ3n) is 2.75. The molecular weight excluding hydrogens is 268 g/mol. The van der Waals surface area contributed by atoms with Crippen LogP contribution in [0.5, 0.6) is 11.5 Å². The molecule has 0 unspecified atom stereocenters. The summed E-state index contributed by atoms with van der Waals surface area (Å²) in [5.74, 6) is 1.57. The topological polar surface area (TPSA) is 79.7 Å². The van der Waals surface area contributed by atoms with Crippen LogP contribution >= 0.6 is 0 Å². The highest BCUT2D eigenvalue weighted by Crippen LogP contribution is 2.13. The molecule has 0 saturated heterocycles. The Balaban J connectivity index is 1.52. The Morgan fingerprint density at radius 2 is 0.952 bits per heavy atom. The Hall–Kier alpha value is -2.40. The van der Waals surface area contributed by atoms with Crippen LogP contribution in [0.4, 0.5) is 11.4 Å². The molecule has 0 aromatic heterocycles. The fourth-order valence-electron chi connectivity index (χ4n) is 1.67. The van der Waals surface area contributed by atoms with Crippen molar-refractivity contribution in [3.05, 3.63) is 48.5 Å². The first kappa shape index (κ1) is 15.0. The van der Waals surface area contributed by atoms with E-state index in [0.29, 0.717) is 26.4 Å². The van der Waals surface area contributed by atoms with Crippen molar-refractivity contribution in [3.8, 4) is 11.5 Å². The van der Waals surface area contributed by atoms with Gasteiger partial charge >= 0.3 is 0 Å². The summed E-state index contributed by atoms with van der Waals surface area (Å²) in [6.07, 6.45) is 0. The molecule has 0 heterocycles. The number of hydrogen-bond donors (Lipinski definition) is 2. The molecule has 2 rings (SSSR count). The van der Waals surface area contributed by atoms with Crippen LogP contribution in [-0.2, 0) is 4.74 Å². The molecule has 0 atom stereocenters. The van der Waals surface area contributed by atoms with Crippen molar-refractivity contribution in [1.82, 2.24) is 0 Å². The molecule has 0 bridgehead atoms. The second-order valence-electron chi connectivity index (χ2n) is 4.45. The SMILES string of the molecule is Nc1ccc(OCCOCCOc2ccc(N)cc2)cc1. The van der Waals surface area contributed by atoms with Crippen molar-refractivity contribution in [3.63, 3.8) is 0 Å². The molecule has 0 aliphatic heterocycles. The Morgan fingerprint density at radius 3 is 1.33 bits per heavy atom. The first-order chi connectivity index (χ1) is 10.2. The summed E-state index contributed by atoms with van der Waals surface area (Å²) in [7, 11) is 0. The fourth-order valence-corrected chi connectivity index (χ4v) is 1.67. The minimum Gasteiger partial charge on any atom is -0.491 e. The highest BCUT2D eigenvalue weighted by atomic mass is 16.5. The highest BCUT2D eigenvalue weighted by molar-refractivity contribution is 5.42. The minimum atomic E-state index is 0.492. The molecule has 0 fully saturated rings. The standard InChI is InChI=1S/C16H20N2O3/c17-13-1-5-15(6-2-13)20-11-9-19-10-12-21-16-7-3-14(18)4-8-16/h1-8H,9-12,17-18H2. The zero-order valence-electron chi connectivity index (χ0n) is 11.8. The van der Waals surface area contributed by atoms with E-state index >= 15 is 0 Å². The maximum Gasteiger partial charge on any atom is 0.119 e. The van der Waals surface area contributed by atoms with Gasteiger partial charge in [0.1, 0.15) is 24.7 Å². The average Bonchev–Trinajstić information content (AvgIpc) is 2.50. The molecule has 4 N–H and O–H groups in total. The van der Waals surface area contributed by atoms with Gasteiger partial charge in [-0.1, -0.05) is 0 Å². The summed E-state index contributed by atoms with van der Waals surface area (Å²) in [5.41, 5.74) is 12.6. The van der Waals surface area contributed by atoms with E-state index in [4.69, 9.17) is 25.7 Å². The maximum absolute atomic E-state index is 5.59. The van der Waals surface area contributed by atoms with Gasteiger partial charge < -0.3 is 25.7 Å². The number of rotatable bonds is 8. The highest BCUT2D eigenvalue weighted by Gasteiger charge is 1.95. The maximum atomic E-state index is 5.59. The van der Waals surface area contributed by atoms with Crippen molar-refractivity contribution >= 4 is 11.4 Å². The number of benzene rings is 2. The first-order valence-electron chi connectivity index (χ1n) is 6.78. The molecule has 112 valence electrons. The zero-order valence-corrected chi connectivity index (χ0v) is 11.8. The van der Waals surface area contributed by atoms with Gasteiger partial charge in [0, 0.05) is 11.4 Å². The molecule has 0 aliphatic carbocycles. The number of nitrogens with two attached hydrogens (primary N) is 2. The Kier molecular flexibility index (Phi) is 5.72. The van der Waals surface area contributed by atoms with E-state index in [1.165, 1.54) is 0 Å². The van der Waals surface area contributed by atoms with Crippen molar-refractivity contribution in [1.29, 1.82) is 0 Å². The van der Waals surface area contributed by atoms with Crippen molar-refractivity contribution in [2.24, 2.45) is 0 Å². The quantitative estimate of drug-likeness (QED) is 0.575. The lowest BCUT2D eigenvalue weighted by atomic mass is 10.3. The molecule has 5 heteroatoms. The van der Waals surface area contributed by atoms with Gasteiger partial charge in [-0.05, 0) is 48.5 Å². The number of hydrogen-bond acceptors (Lipinski definition) is 5. The van der Waals surface area contributed by atoms with Crippen LogP contribution in [-0.4, -0.2) is 26.4 Å². The summed E-state index contributed by atoms with van der Waals surface area (Å²) >= 11 is 0. The fraction of sp³-hybridized carbons (Fsp3) is 0.250. The van der Waals surface area contributed by atoms with E-state index < -0.39 is 0 Å². The Labute approximate surface area is 124 Å². The van der Waals surface area contributed by atoms with Gasteiger partial charge in [0.05, 0.1) is 13.2 Å². The van der Waals surface area contributed by atoms with E-state index in [0.717, 1.165) is 22.9 Å². The van der Waals surface area contributed by atoms with Crippen molar-refractivity contribution in [2.75, 3.05) is 37.9 Å². The molecule has 0 saturated carbocycles. The lowest BCUT2D eigenvalue weighted by Gasteiger charge is -2.09. The van der Waals surface area contributed by atoms with Crippen LogP contribution in [0.3, 0.4) is 0 Å². The zero-order chi connectivity index (χ0) is 14.9. The van der Waals surface area contributed by atoms with E-state index in [2.05, 4.69) is 0 Å². The average molecular weight is 288 g/mol. The van der Waals surface area contributed by atoms with Gasteiger partial charge in [0.15, 0.2) is 0 Å². The monoisotopic (exact) mass is 288 g/mol. The van der Waals surface area contributed by atoms with E-state index in [9.17, 15) is 0 Å². The molecule has 5 nitrogen and oxygen atoms in total. The predicted molar refractivity (Wildman–Crippen MR) is 83.5 cm³/mol. The predicted octanol–water partition coefficient (Wildman–Crippen LogP) is 2.33. The number of ether oxygens (including phenoxy) is 3. The van der Waals surface area contributed by atoms with Gasteiger partial charge in [-0.3, -0.25) is 0 Å². The molecule has 2 aromatic carbocycles. The summed E-state index contributed by atoms with van der Waals surface area (Å²) < 4.78 is 16.4. The molecule has 0 aliphatic rings. The van der Waals surface area contributed by atoms with Gasteiger partial charge in [0.25, 0.3) is 0 Å². The van der Waals surface area contributed by atoms with E-state index in [1.807, 2.05) is 24.3 Å². The summed E-state index contributed by atoms with van der Waals surface area (Å²) in [6.45, 7) is 2.00. The molecule has 0 amide bonds. The molecule has 0 spiro atoms. The molecular formula is C16H20N2O3. The minimum absolute atomic E-state index is 0.492. The number of anilines is 2. The normalized spacial score (nSPS) is 10.3. The van der Waals surface area contributed by atoms with Crippen molar-refractivity contribution in [2.45, 2.75) is 0 Å². The smallest absolute Gasteiger partial charge is 0.119 e. The van der Waals surface area contributed by atoms with E-state index in [-0.39, 0.29) is 0 Å². The van der Waals surface area contributed by atoms with Crippen LogP contribution in [0.2, 0.25) is 0 Å². The Morgan fingerprint density at radius 1 is 0.571 bits per heavy atom. The third-order valence-corrected chi connectivity index (χ3v) is 2.75. The lowest BCUT2D eigenvalue weighted by Crippen LogP contribution is -2.12. The van der Waals surface area contributed by atoms with Crippen LogP contribution < -0.4 is 20.9 Å². The molecule has 0 radical (unpaired) electrons. The summed E-state index contributed by atoms with van der Waals surface area (Å²) in [4.78, 5) is 0. The molecule has 21 heavy (non-hydrogen) atoms. The van der Waals surface area contributed by atoms with Crippen LogP contribution in [0, 0.1) is 0 Å². The lowest BCUT2D eigenvalue weighted by molar-refractivity contribution is 0.0764. The largest absolute Gasteiger partial charge is 0.491 e. The van der Waals surface area contributed by atoms with Crippen LogP contribution in [0.15, 0.2) is 48.5 Å². The first-order valence-corrected chi connectivity index (χ1v) is 6.78. The van der Waals surface area contributed by atoms with Gasteiger partial charge in [-0.25, -0.2) is 0 Å². The van der Waals surface area contributed by atoms with Gasteiger partial charge in [-0.2, -0.15) is 0 Å². The third kappa shape index (κ3) is 5.62. The molecule has 2 aromatic rings. The summed E-state index contributed by atoms with van der Waals surface area (Å²) in [5, 5.41) is 0. The van der Waals surface area contributed by atoms with E-state index in [1.54, 1.807) is 24.3 Å². The Bertz CT molecular complexity index is 477. The second-order valence-corrected chi connectivity index (χ2v) is 4.45. The summed E-state index contributed by atoms with van der Waals surface area (Å²) in [6, 6.07) is 14.5. The van der Waals surface area contributed by atoms with Crippen molar-refractivity contribution < 1.29 is 14.2 Å². The van der Waals surface area contributed by atoms with Gasteiger partial charge in [-0.15, -0.1) is 0 Å².